The molecule has 2 aliphatic rings. The molecule has 29 heavy (non-hydrogen) atoms. The van der Waals surface area contributed by atoms with E-state index in [1.54, 1.807) is 12.1 Å². The largest absolute Gasteiger partial charge is 0.355 e. The summed E-state index contributed by atoms with van der Waals surface area (Å²) < 4.78 is 0. The minimum absolute atomic E-state index is 0.00711. The van der Waals surface area contributed by atoms with Gasteiger partial charge < -0.3 is 15.5 Å². The molecule has 3 rings (SSSR count). The van der Waals surface area contributed by atoms with Crippen LogP contribution in [0.3, 0.4) is 0 Å². The van der Waals surface area contributed by atoms with Gasteiger partial charge in [0.1, 0.15) is 0 Å². The zero-order valence-corrected chi connectivity index (χ0v) is 17.3. The Bertz CT molecular complexity index is 705. The Kier molecular flexibility index (Phi) is 7.63. The molecule has 2 N–H and O–H groups in total. The number of benzene rings is 1. The molecule has 7 nitrogen and oxygen atoms in total. The summed E-state index contributed by atoms with van der Waals surface area (Å²) in [5.74, 6) is 0.486. The zero-order chi connectivity index (χ0) is 20.6. The van der Waals surface area contributed by atoms with Crippen molar-refractivity contribution in [2.45, 2.75) is 39.0 Å². The van der Waals surface area contributed by atoms with Crippen molar-refractivity contribution in [1.82, 2.24) is 15.1 Å². The fourth-order valence-corrected chi connectivity index (χ4v) is 4.13. The van der Waals surface area contributed by atoms with Crippen LogP contribution in [0, 0.1) is 5.92 Å². The number of anilines is 1. The third-order valence-corrected chi connectivity index (χ3v) is 5.78. The lowest BCUT2D eigenvalue weighted by atomic mass is 10.1. The molecule has 0 atom stereocenters. The van der Waals surface area contributed by atoms with Crippen molar-refractivity contribution >= 4 is 23.4 Å². The van der Waals surface area contributed by atoms with Gasteiger partial charge in [0, 0.05) is 57.8 Å². The number of nitrogens with zero attached hydrogens (tertiary/aromatic N) is 2. The summed E-state index contributed by atoms with van der Waals surface area (Å²) in [6, 6.07) is 7.31. The number of rotatable bonds is 7. The Balaban J connectivity index is 1.31. The van der Waals surface area contributed by atoms with Crippen LogP contribution in [0.1, 0.15) is 38.2 Å². The second kappa shape index (κ2) is 10.4. The molecule has 1 aliphatic carbocycles. The number of hydrogen-bond donors (Lipinski definition) is 2. The van der Waals surface area contributed by atoms with Gasteiger partial charge in [-0.25, -0.2) is 0 Å². The molecule has 0 bridgehead atoms. The molecule has 0 radical (unpaired) electrons. The first-order chi connectivity index (χ1) is 14.0. The van der Waals surface area contributed by atoms with Crippen LogP contribution >= 0.6 is 0 Å². The third kappa shape index (κ3) is 6.56. The average Bonchev–Trinajstić information content (AvgIpc) is 3.24. The number of piperazine rings is 1. The van der Waals surface area contributed by atoms with Crippen LogP contribution in [0.25, 0.3) is 0 Å². The first kappa shape index (κ1) is 21.3. The van der Waals surface area contributed by atoms with Crippen LogP contribution in [0.4, 0.5) is 5.69 Å². The minimum atomic E-state index is -0.112. The van der Waals surface area contributed by atoms with Crippen molar-refractivity contribution in [3.8, 4) is 0 Å². The van der Waals surface area contributed by atoms with E-state index in [4.69, 9.17) is 0 Å². The summed E-state index contributed by atoms with van der Waals surface area (Å²) in [5, 5.41) is 5.69. The van der Waals surface area contributed by atoms with Crippen molar-refractivity contribution in [2.75, 3.05) is 44.6 Å². The quantitative estimate of drug-likeness (QED) is 0.729. The van der Waals surface area contributed by atoms with Crippen molar-refractivity contribution in [2.24, 2.45) is 5.92 Å². The highest BCUT2D eigenvalue weighted by molar-refractivity contribution is 5.88. The predicted molar refractivity (Wildman–Crippen MR) is 112 cm³/mol. The van der Waals surface area contributed by atoms with Gasteiger partial charge in [0.25, 0.3) is 0 Å². The van der Waals surface area contributed by atoms with Gasteiger partial charge in [0.2, 0.25) is 17.7 Å². The smallest absolute Gasteiger partial charge is 0.225 e. The van der Waals surface area contributed by atoms with E-state index in [-0.39, 0.29) is 17.7 Å². The molecule has 3 amide bonds. The second-order valence-electron chi connectivity index (χ2n) is 8.05. The first-order valence-corrected chi connectivity index (χ1v) is 10.7. The minimum Gasteiger partial charge on any atom is -0.355 e. The topological polar surface area (TPSA) is 81.8 Å². The van der Waals surface area contributed by atoms with E-state index in [0.717, 1.165) is 56.8 Å². The van der Waals surface area contributed by atoms with Crippen molar-refractivity contribution < 1.29 is 14.4 Å². The van der Waals surface area contributed by atoms with Crippen LogP contribution < -0.4 is 10.6 Å². The summed E-state index contributed by atoms with van der Waals surface area (Å²) in [6.07, 6.45) is 4.82. The Morgan fingerprint density at radius 1 is 1.00 bits per heavy atom. The lowest BCUT2D eigenvalue weighted by Gasteiger charge is -2.36. The maximum absolute atomic E-state index is 12.5. The summed E-state index contributed by atoms with van der Waals surface area (Å²) >= 11 is 0. The molecule has 1 aromatic carbocycles. The van der Waals surface area contributed by atoms with Crippen LogP contribution in [0.5, 0.6) is 0 Å². The van der Waals surface area contributed by atoms with Crippen molar-refractivity contribution in [3.05, 3.63) is 29.8 Å². The number of carbonyl (C=O) groups is 3. The molecule has 1 aromatic rings. The van der Waals surface area contributed by atoms with Gasteiger partial charge in [-0.05, 0) is 30.5 Å². The van der Waals surface area contributed by atoms with E-state index in [9.17, 15) is 14.4 Å². The van der Waals surface area contributed by atoms with E-state index in [2.05, 4.69) is 15.5 Å². The highest BCUT2D eigenvalue weighted by atomic mass is 16.2. The lowest BCUT2D eigenvalue weighted by Crippen LogP contribution is -2.51. The number of nitrogens with one attached hydrogen (secondary N) is 2. The van der Waals surface area contributed by atoms with E-state index < -0.39 is 0 Å². The first-order valence-electron chi connectivity index (χ1n) is 10.7. The number of amides is 3. The molecular weight excluding hydrogens is 368 g/mol. The fourth-order valence-electron chi connectivity index (χ4n) is 4.13. The van der Waals surface area contributed by atoms with E-state index in [1.807, 2.05) is 17.0 Å². The van der Waals surface area contributed by atoms with Crippen molar-refractivity contribution in [3.63, 3.8) is 0 Å². The molecule has 1 aliphatic heterocycles. The standard InChI is InChI=1S/C22H32N4O3/c1-17(27)24-20-8-6-18(7-9-20)16-21(28)23-10-11-25-12-14-26(15-13-25)22(29)19-4-2-3-5-19/h6-9,19H,2-5,10-16H2,1H3,(H,23,28)(H,24,27). The molecule has 0 aromatic heterocycles. The molecule has 1 saturated heterocycles. The summed E-state index contributed by atoms with van der Waals surface area (Å²) in [6.45, 7) is 6.22. The zero-order valence-electron chi connectivity index (χ0n) is 17.3. The average molecular weight is 401 g/mol. The van der Waals surface area contributed by atoms with Crippen LogP contribution in [0.15, 0.2) is 24.3 Å². The fraction of sp³-hybridized carbons (Fsp3) is 0.591. The SMILES string of the molecule is CC(=O)Nc1ccc(CC(=O)NCCN2CCN(C(=O)C3CCCC3)CC2)cc1. The molecular formula is C22H32N4O3. The molecule has 0 spiro atoms. The molecule has 2 fully saturated rings. The van der Waals surface area contributed by atoms with E-state index >= 15 is 0 Å². The van der Waals surface area contributed by atoms with Gasteiger partial charge in [0.05, 0.1) is 6.42 Å². The van der Waals surface area contributed by atoms with Crippen LogP contribution in [-0.4, -0.2) is 66.8 Å². The Morgan fingerprint density at radius 3 is 2.28 bits per heavy atom. The van der Waals surface area contributed by atoms with Crippen LogP contribution in [0.2, 0.25) is 0 Å². The molecule has 1 saturated carbocycles. The van der Waals surface area contributed by atoms with E-state index in [0.29, 0.717) is 18.9 Å². The Hall–Kier alpha value is -2.41. The van der Waals surface area contributed by atoms with Gasteiger partial charge in [0.15, 0.2) is 0 Å². The third-order valence-electron chi connectivity index (χ3n) is 5.78. The maximum Gasteiger partial charge on any atom is 0.225 e. The van der Waals surface area contributed by atoms with Gasteiger partial charge >= 0.3 is 0 Å². The van der Waals surface area contributed by atoms with Gasteiger partial charge in [-0.1, -0.05) is 25.0 Å². The Morgan fingerprint density at radius 2 is 1.66 bits per heavy atom. The second-order valence-corrected chi connectivity index (χ2v) is 8.05. The molecule has 158 valence electrons. The highest BCUT2D eigenvalue weighted by Gasteiger charge is 2.29. The summed E-state index contributed by atoms with van der Waals surface area (Å²) in [7, 11) is 0. The number of hydrogen-bond acceptors (Lipinski definition) is 4. The lowest BCUT2D eigenvalue weighted by molar-refractivity contribution is -0.137. The maximum atomic E-state index is 12.5. The van der Waals surface area contributed by atoms with Gasteiger partial charge in [-0.15, -0.1) is 0 Å². The Labute approximate surface area is 172 Å². The molecule has 1 heterocycles. The van der Waals surface area contributed by atoms with Crippen LogP contribution in [-0.2, 0) is 20.8 Å². The normalized spacial score (nSPS) is 17.9. The number of carbonyl (C=O) groups excluding carboxylic acids is 3. The molecule has 0 unspecified atom stereocenters. The van der Waals surface area contributed by atoms with Gasteiger partial charge in [-0.3, -0.25) is 19.3 Å². The van der Waals surface area contributed by atoms with Crippen molar-refractivity contribution in [1.29, 1.82) is 0 Å². The highest BCUT2D eigenvalue weighted by Crippen LogP contribution is 2.26. The summed E-state index contributed by atoms with van der Waals surface area (Å²) in [5.41, 5.74) is 1.64. The van der Waals surface area contributed by atoms with E-state index in [1.165, 1.54) is 19.8 Å². The monoisotopic (exact) mass is 400 g/mol. The van der Waals surface area contributed by atoms with Gasteiger partial charge in [-0.2, -0.15) is 0 Å². The molecule has 7 heteroatoms. The predicted octanol–water partition coefficient (Wildman–Crippen LogP) is 1.64. The summed E-state index contributed by atoms with van der Waals surface area (Å²) in [4.78, 5) is 40.0.